The van der Waals surface area contributed by atoms with E-state index in [0.29, 0.717) is 68.3 Å². The molecular formula is C70H81N9O9. The van der Waals surface area contributed by atoms with E-state index >= 15 is 0 Å². The first kappa shape index (κ1) is 57.7. The number of rotatable bonds is 11. The first-order valence-corrected chi connectivity index (χ1v) is 32.0. The highest BCUT2D eigenvalue weighted by molar-refractivity contribution is 5.83. The molecule has 11 N–H and O–H groups in total. The van der Waals surface area contributed by atoms with Crippen LogP contribution in [0.1, 0.15) is 126 Å². The van der Waals surface area contributed by atoms with Crippen LogP contribution >= 0.6 is 0 Å². The number of fused-ring (bicyclic) bond motifs is 5. The monoisotopic (exact) mass is 1190 g/mol. The van der Waals surface area contributed by atoms with Gasteiger partial charge >= 0.3 is 5.97 Å². The molecule has 18 heteroatoms. The van der Waals surface area contributed by atoms with Crippen molar-refractivity contribution in [1.29, 1.82) is 0 Å². The summed E-state index contributed by atoms with van der Waals surface area (Å²) in [5, 5.41) is 64.4. The maximum absolute atomic E-state index is 13.5. The number of phenols is 3. The zero-order chi connectivity index (χ0) is 60.2. The molecule has 2 aromatic carbocycles. The van der Waals surface area contributed by atoms with Crippen molar-refractivity contribution in [3.63, 3.8) is 0 Å². The number of pyridine rings is 1. The van der Waals surface area contributed by atoms with Crippen molar-refractivity contribution in [2.24, 2.45) is 51.1 Å². The van der Waals surface area contributed by atoms with E-state index < -0.39 is 77.4 Å². The summed E-state index contributed by atoms with van der Waals surface area (Å²) in [6.45, 7) is 2.89. The van der Waals surface area contributed by atoms with Crippen LogP contribution in [0, 0.1) is 64.1 Å². The Morgan fingerprint density at radius 1 is 0.977 bits per heavy atom. The SMILES string of the molecule is CC(=O)OC1CC(c2cc(O)c(O)c(OCCc3cccnc3)c2)OC2C1C=CC1C#CC3C4CCCC35NC(=NCC3(CC6=CCNC(N)=C6)CCCC3)NC(n3cc6cc[nH]c6c3)C5C(O)NC3CCCCC3C#CCC12Cc1ccc(O)c(c1)O4. The zero-order valence-corrected chi connectivity index (χ0v) is 49.9. The van der Waals surface area contributed by atoms with Crippen LogP contribution in [0.25, 0.3) is 10.9 Å². The molecule has 14 rings (SSSR count). The second kappa shape index (κ2) is 23.8. The van der Waals surface area contributed by atoms with Crippen LogP contribution in [0.15, 0.2) is 120 Å². The van der Waals surface area contributed by atoms with Crippen LogP contribution in [0.2, 0.25) is 0 Å². The molecule has 8 heterocycles. The summed E-state index contributed by atoms with van der Waals surface area (Å²) in [5.41, 5.74) is 8.88. The van der Waals surface area contributed by atoms with Gasteiger partial charge in [0, 0.05) is 105 Å². The lowest BCUT2D eigenvalue weighted by Crippen LogP contribution is -2.75. The molecule has 88 heavy (non-hydrogen) atoms. The number of allylic oxidation sites excluding steroid dienone is 3. The van der Waals surface area contributed by atoms with Gasteiger partial charge in [-0.05, 0) is 128 Å². The summed E-state index contributed by atoms with van der Waals surface area (Å²) >= 11 is 0. The van der Waals surface area contributed by atoms with Crippen molar-refractivity contribution in [3.05, 3.63) is 132 Å². The van der Waals surface area contributed by atoms with Gasteiger partial charge in [-0.1, -0.05) is 73.8 Å². The van der Waals surface area contributed by atoms with Crippen molar-refractivity contribution in [2.45, 2.75) is 158 Å². The molecule has 5 aromatic rings. The van der Waals surface area contributed by atoms with Gasteiger partial charge in [-0.25, -0.2) is 0 Å². The molecule has 0 amide bonds. The molecule has 14 unspecified atom stereocenters. The number of benzene rings is 2. The summed E-state index contributed by atoms with van der Waals surface area (Å²) in [6.07, 6.45) is 26.2. The molecular weight excluding hydrogens is 1110 g/mol. The predicted octanol–water partition coefficient (Wildman–Crippen LogP) is 8.72. The maximum Gasteiger partial charge on any atom is 0.302 e. The number of hydrogen-bond donors (Lipinski definition) is 10. The third kappa shape index (κ3) is 11.1. The number of aromatic nitrogens is 3. The van der Waals surface area contributed by atoms with Gasteiger partial charge in [0.2, 0.25) is 5.75 Å². The van der Waals surface area contributed by atoms with Gasteiger partial charge in [0.1, 0.15) is 24.6 Å². The molecule has 4 bridgehead atoms. The third-order valence-corrected chi connectivity index (χ3v) is 20.9. The first-order valence-electron chi connectivity index (χ1n) is 32.0. The highest BCUT2D eigenvalue weighted by Gasteiger charge is 2.61. The molecule has 18 nitrogen and oxygen atoms in total. The topological polar surface area (TPSA) is 255 Å². The number of esters is 1. The number of phenolic OH excluding ortho intramolecular Hbond substituents is 3. The number of H-pyrrole nitrogens is 1. The van der Waals surface area contributed by atoms with E-state index in [1.807, 2.05) is 30.5 Å². The number of dihydropyridines is 1. The molecule has 0 radical (unpaired) electrons. The summed E-state index contributed by atoms with van der Waals surface area (Å²) < 4.78 is 29.7. The standard InChI is InChI=1S/C70H81N9O9/c1-42(80)86-58-35-57(48-33-55(82)63(83)60(34-48)85-30-22-43-9-8-27-72-38-43)88-64-50(58)17-15-49-16-18-51-56-13-7-26-70(51)62(66(84)76-52-12-3-2-10-46(52)11-6-25-69(49,64)37-44-14-19-54(81)59(31-44)87-56)65(79-39-47-21-29-73-53(47)40-79)77-67(78-70)75-41-68(23-4-5-24-68)36-45-20-28-74-61(71)32-45/h8-9,14-15,17,19-21,27,29,31-34,38-40,46,49-52,56-58,62,64-66,73-74,76,81-84H,2-5,7,10,12-13,22-26,28,30,35-37,41,71H2,1H3,(H2,75,77,78). The summed E-state index contributed by atoms with van der Waals surface area (Å²) in [4.78, 5) is 26.6. The van der Waals surface area contributed by atoms with Gasteiger partial charge in [0.05, 0.1) is 47.5 Å². The normalized spacial score (nSPS) is 33.2. The highest BCUT2D eigenvalue weighted by atomic mass is 16.6. The van der Waals surface area contributed by atoms with E-state index in [1.54, 1.807) is 24.5 Å². The highest BCUT2D eigenvalue weighted by Crippen LogP contribution is 2.56. The van der Waals surface area contributed by atoms with Gasteiger partial charge in [-0.3, -0.25) is 20.1 Å². The van der Waals surface area contributed by atoms with Crippen molar-refractivity contribution in [2.75, 3.05) is 19.7 Å². The van der Waals surface area contributed by atoms with Gasteiger partial charge in [0.25, 0.3) is 0 Å². The maximum atomic E-state index is 13.5. The molecule has 3 aromatic heterocycles. The summed E-state index contributed by atoms with van der Waals surface area (Å²) in [6, 6.07) is 14.5. The average Bonchev–Trinajstić information content (AvgIpc) is 0.890. The Kier molecular flexibility index (Phi) is 15.6. The Labute approximate surface area is 513 Å². The smallest absolute Gasteiger partial charge is 0.302 e. The van der Waals surface area contributed by atoms with Crippen molar-refractivity contribution in [1.82, 2.24) is 35.8 Å². The van der Waals surface area contributed by atoms with Crippen LogP contribution in [-0.4, -0.2) is 103 Å². The first-order chi connectivity index (χ1) is 42.8. The Hall–Kier alpha value is -8.03. The van der Waals surface area contributed by atoms with E-state index in [0.717, 1.165) is 86.2 Å². The number of aromatic hydroxyl groups is 3. The fraction of sp³-hybridized carbons (Fsp3) is 0.500. The molecule has 3 saturated carbocycles. The molecule has 4 aliphatic carbocycles. The van der Waals surface area contributed by atoms with E-state index in [9.17, 15) is 25.2 Å². The molecule has 5 aliphatic heterocycles. The number of aromatic amines is 1. The minimum Gasteiger partial charge on any atom is -0.504 e. The number of aliphatic hydroxyl groups excluding tert-OH is 1. The molecule has 5 fully saturated rings. The number of nitrogens with one attached hydrogen (secondary N) is 5. The summed E-state index contributed by atoms with van der Waals surface area (Å²) in [7, 11) is 0. The second-order valence-electron chi connectivity index (χ2n) is 26.5. The number of guanidine groups is 1. The number of nitrogens with zero attached hydrogens (tertiary/aromatic N) is 3. The van der Waals surface area contributed by atoms with E-state index in [4.69, 9.17) is 29.7 Å². The minimum atomic E-state index is -1.07. The van der Waals surface area contributed by atoms with Crippen LogP contribution in [0.5, 0.6) is 28.7 Å². The number of ether oxygens (including phenoxy) is 4. The Morgan fingerprint density at radius 3 is 2.70 bits per heavy atom. The molecule has 2 saturated heterocycles. The van der Waals surface area contributed by atoms with Crippen LogP contribution in [0.3, 0.4) is 0 Å². The average molecular weight is 1190 g/mol. The van der Waals surface area contributed by atoms with Crippen molar-refractivity contribution >= 4 is 22.8 Å². The number of aliphatic hydroxyl groups is 1. The fourth-order valence-corrected chi connectivity index (χ4v) is 16.7. The molecule has 14 atom stereocenters. The Bertz CT molecular complexity index is 3670. The lowest BCUT2D eigenvalue weighted by molar-refractivity contribution is -0.197. The predicted molar refractivity (Wildman–Crippen MR) is 332 cm³/mol. The number of aliphatic imine (C=N–C) groups is 1. The Morgan fingerprint density at radius 2 is 1.86 bits per heavy atom. The fourth-order valence-electron chi connectivity index (χ4n) is 16.7. The van der Waals surface area contributed by atoms with Gasteiger partial charge < -0.3 is 70.6 Å². The Balaban J connectivity index is 0.929. The number of hydrogen-bond acceptors (Lipinski definition) is 14. The molecule has 460 valence electrons. The van der Waals surface area contributed by atoms with Crippen molar-refractivity contribution < 1.29 is 44.2 Å². The lowest BCUT2D eigenvalue weighted by atomic mass is 9.57. The number of nitrogens with two attached hydrogens (primary N) is 1. The lowest BCUT2D eigenvalue weighted by Gasteiger charge is -2.57. The minimum absolute atomic E-state index is 0.000913. The number of carbonyl (C=O) groups is 1. The van der Waals surface area contributed by atoms with E-state index in [2.05, 4.69) is 102 Å². The quantitative estimate of drug-likeness (QED) is 0.0257. The molecule has 9 aliphatic rings. The van der Waals surface area contributed by atoms with Crippen LogP contribution in [0.4, 0.5) is 0 Å². The van der Waals surface area contributed by atoms with Gasteiger partial charge in [-0.2, -0.15) is 0 Å². The third-order valence-electron chi connectivity index (χ3n) is 20.9. The molecule has 1 spiro atoms. The summed E-state index contributed by atoms with van der Waals surface area (Å²) in [5.74, 6) is 13.8. The van der Waals surface area contributed by atoms with Gasteiger partial charge in [0.15, 0.2) is 29.0 Å². The van der Waals surface area contributed by atoms with Gasteiger partial charge in [-0.15, -0.1) is 5.92 Å². The van der Waals surface area contributed by atoms with Crippen LogP contribution < -0.4 is 36.5 Å². The van der Waals surface area contributed by atoms with E-state index in [-0.39, 0.29) is 53.4 Å². The van der Waals surface area contributed by atoms with Crippen LogP contribution in [-0.2, 0) is 27.1 Å². The second-order valence-corrected chi connectivity index (χ2v) is 26.5. The largest absolute Gasteiger partial charge is 0.504 e. The van der Waals surface area contributed by atoms with E-state index in [1.165, 1.54) is 18.6 Å². The van der Waals surface area contributed by atoms with Crippen molar-refractivity contribution in [3.8, 4) is 52.4 Å². The number of carbonyl (C=O) groups excluding carboxylic acids is 1. The zero-order valence-electron chi connectivity index (χ0n) is 49.9.